The van der Waals surface area contributed by atoms with Crippen LogP contribution in [0.25, 0.3) is 0 Å². The minimum Gasteiger partial charge on any atom is -0.479 e. The average molecular weight is 376 g/mol. The predicted molar refractivity (Wildman–Crippen MR) is 93.9 cm³/mol. The minimum absolute atomic E-state index is 0.0938. The van der Waals surface area contributed by atoms with E-state index in [9.17, 15) is 24.1 Å². The van der Waals surface area contributed by atoms with Gasteiger partial charge in [0.15, 0.2) is 12.7 Å². The number of amides is 1. The maximum atomic E-state index is 12.8. The van der Waals surface area contributed by atoms with E-state index in [-0.39, 0.29) is 11.4 Å². The summed E-state index contributed by atoms with van der Waals surface area (Å²) in [6.45, 7) is 2.49. The van der Waals surface area contributed by atoms with Crippen molar-refractivity contribution in [3.05, 3.63) is 64.0 Å². The van der Waals surface area contributed by atoms with E-state index in [2.05, 4.69) is 5.32 Å². The first-order chi connectivity index (χ1) is 12.8. The zero-order valence-electron chi connectivity index (χ0n) is 14.6. The smallest absolute Gasteiger partial charge is 0.347 e. The summed E-state index contributed by atoms with van der Waals surface area (Å²) in [4.78, 5) is 34.0. The highest BCUT2D eigenvalue weighted by Crippen LogP contribution is 2.21. The number of non-ortho nitro benzene ring substituents is 1. The van der Waals surface area contributed by atoms with Crippen LogP contribution in [0.1, 0.15) is 12.5 Å². The van der Waals surface area contributed by atoms with E-state index in [1.54, 1.807) is 6.92 Å². The predicted octanol–water partition coefficient (Wildman–Crippen LogP) is 2.99. The molecule has 0 spiro atoms. The third kappa shape index (κ3) is 5.77. The zero-order valence-corrected chi connectivity index (χ0v) is 14.6. The van der Waals surface area contributed by atoms with Crippen molar-refractivity contribution in [3.63, 3.8) is 0 Å². The van der Waals surface area contributed by atoms with Gasteiger partial charge in [0.25, 0.3) is 11.6 Å². The number of rotatable bonds is 7. The maximum Gasteiger partial charge on any atom is 0.347 e. The van der Waals surface area contributed by atoms with Gasteiger partial charge in [-0.25, -0.2) is 9.18 Å². The van der Waals surface area contributed by atoms with Crippen LogP contribution in [0.15, 0.2) is 42.5 Å². The number of hydrogen-bond donors (Lipinski definition) is 1. The van der Waals surface area contributed by atoms with E-state index in [4.69, 9.17) is 9.47 Å². The molecule has 0 aliphatic carbocycles. The van der Waals surface area contributed by atoms with Gasteiger partial charge in [-0.05, 0) is 49.7 Å². The number of nitrogens with one attached hydrogen (secondary N) is 1. The Hall–Kier alpha value is -3.49. The highest BCUT2D eigenvalue weighted by Gasteiger charge is 2.18. The van der Waals surface area contributed by atoms with Crippen molar-refractivity contribution in [2.24, 2.45) is 0 Å². The molecule has 0 heterocycles. The molecule has 0 aromatic heterocycles. The Bertz CT molecular complexity index is 853. The lowest BCUT2D eigenvalue weighted by Gasteiger charge is -2.14. The molecule has 9 heteroatoms. The lowest BCUT2D eigenvalue weighted by molar-refractivity contribution is -0.384. The second-order valence-corrected chi connectivity index (χ2v) is 5.63. The average Bonchev–Trinajstić information content (AvgIpc) is 2.63. The summed E-state index contributed by atoms with van der Waals surface area (Å²) in [6.07, 6.45) is -0.996. The Morgan fingerprint density at radius 1 is 1.22 bits per heavy atom. The van der Waals surface area contributed by atoms with Gasteiger partial charge in [0.05, 0.1) is 4.92 Å². The monoisotopic (exact) mass is 376 g/mol. The topological polar surface area (TPSA) is 108 Å². The lowest BCUT2D eigenvalue weighted by atomic mass is 10.2. The highest BCUT2D eigenvalue weighted by molar-refractivity contribution is 5.93. The first-order valence-electron chi connectivity index (χ1n) is 7.90. The highest BCUT2D eigenvalue weighted by atomic mass is 19.1. The zero-order chi connectivity index (χ0) is 20.0. The molecule has 2 aromatic rings. The summed E-state index contributed by atoms with van der Waals surface area (Å²) in [7, 11) is 0. The number of nitro groups is 1. The fourth-order valence-corrected chi connectivity index (χ4v) is 2.11. The molecule has 0 radical (unpaired) electrons. The van der Waals surface area contributed by atoms with E-state index in [1.165, 1.54) is 49.4 Å². The SMILES string of the molecule is Cc1cc([N+](=O)[O-])ccc1NC(=O)COC(=O)[C@H](C)Oc1ccc(F)cc1. The van der Waals surface area contributed by atoms with Crippen molar-refractivity contribution < 1.29 is 28.4 Å². The molecule has 0 aliphatic heterocycles. The molecule has 8 nitrogen and oxygen atoms in total. The van der Waals surface area contributed by atoms with Crippen molar-refractivity contribution in [1.29, 1.82) is 0 Å². The number of benzene rings is 2. The van der Waals surface area contributed by atoms with E-state index in [1.807, 2.05) is 0 Å². The second-order valence-electron chi connectivity index (χ2n) is 5.63. The largest absolute Gasteiger partial charge is 0.479 e. The number of aryl methyl sites for hydroxylation is 1. The molecule has 1 amide bonds. The van der Waals surface area contributed by atoms with Crippen LogP contribution in [0, 0.1) is 22.9 Å². The van der Waals surface area contributed by atoms with Gasteiger partial charge in [-0.1, -0.05) is 0 Å². The number of anilines is 1. The third-order valence-corrected chi connectivity index (χ3v) is 3.50. The van der Waals surface area contributed by atoms with Gasteiger partial charge in [-0.15, -0.1) is 0 Å². The first-order valence-corrected chi connectivity index (χ1v) is 7.90. The number of nitro benzene ring substituents is 1. The van der Waals surface area contributed by atoms with Gasteiger partial charge in [0.1, 0.15) is 11.6 Å². The number of halogens is 1. The van der Waals surface area contributed by atoms with Crippen LogP contribution in [0.5, 0.6) is 5.75 Å². The number of ether oxygens (including phenoxy) is 2. The molecular formula is C18H17FN2O6. The third-order valence-electron chi connectivity index (χ3n) is 3.50. The van der Waals surface area contributed by atoms with E-state index in [0.717, 1.165) is 0 Å². The van der Waals surface area contributed by atoms with Crippen molar-refractivity contribution in [2.75, 3.05) is 11.9 Å². The van der Waals surface area contributed by atoms with Crippen LogP contribution in [-0.4, -0.2) is 29.5 Å². The van der Waals surface area contributed by atoms with Crippen molar-refractivity contribution in [2.45, 2.75) is 20.0 Å². The number of carbonyl (C=O) groups is 2. The maximum absolute atomic E-state index is 12.8. The summed E-state index contributed by atoms with van der Waals surface area (Å²) < 4.78 is 23.0. The number of hydrogen-bond acceptors (Lipinski definition) is 6. The molecule has 142 valence electrons. The molecule has 27 heavy (non-hydrogen) atoms. The molecule has 0 aliphatic rings. The summed E-state index contributed by atoms with van der Waals surface area (Å²) in [5.41, 5.74) is 0.776. The van der Waals surface area contributed by atoms with Gasteiger partial charge in [0, 0.05) is 17.8 Å². The first kappa shape index (κ1) is 19.8. The molecule has 0 saturated carbocycles. The van der Waals surface area contributed by atoms with Crippen molar-refractivity contribution in [1.82, 2.24) is 0 Å². The summed E-state index contributed by atoms with van der Waals surface area (Å²) in [5, 5.41) is 13.2. The molecule has 0 bridgehead atoms. The molecule has 2 aromatic carbocycles. The van der Waals surface area contributed by atoms with Gasteiger partial charge >= 0.3 is 5.97 Å². The minimum atomic E-state index is -0.996. The number of esters is 1. The van der Waals surface area contributed by atoms with Crippen LogP contribution in [0.4, 0.5) is 15.8 Å². The Kier molecular flexibility index (Phi) is 6.42. The van der Waals surface area contributed by atoms with E-state index < -0.39 is 35.3 Å². The van der Waals surface area contributed by atoms with Crippen molar-refractivity contribution >= 4 is 23.3 Å². The van der Waals surface area contributed by atoms with Crippen LogP contribution < -0.4 is 10.1 Å². The Morgan fingerprint density at radius 3 is 2.48 bits per heavy atom. The fourth-order valence-electron chi connectivity index (χ4n) is 2.11. The van der Waals surface area contributed by atoms with E-state index in [0.29, 0.717) is 11.3 Å². The van der Waals surface area contributed by atoms with Crippen LogP contribution in [-0.2, 0) is 14.3 Å². The van der Waals surface area contributed by atoms with Gasteiger partial charge < -0.3 is 14.8 Å². The lowest BCUT2D eigenvalue weighted by Crippen LogP contribution is -2.29. The number of nitrogens with zero attached hydrogens (tertiary/aromatic N) is 1. The molecular weight excluding hydrogens is 359 g/mol. The van der Waals surface area contributed by atoms with Crippen LogP contribution >= 0.6 is 0 Å². The molecule has 1 N–H and O–H groups in total. The molecule has 0 fully saturated rings. The van der Waals surface area contributed by atoms with Gasteiger partial charge in [-0.2, -0.15) is 0 Å². The van der Waals surface area contributed by atoms with Gasteiger partial charge in [0.2, 0.25) is 0 Å². The molecule has 0 unspecified atom stereocenters. The van der Waals surface area contributed by atoms with Gasteiger partial charge in [-0.3, -0.25) is 14.9 Å². The van der Waals surface area contributed by atoms with Crippen LogP contribution in [0.3, 0.4) is 0 Å². The van der Waals surface area contributed by atoms with Crippen molar-refractivity contribution in [3.8, 4) is 5.75 Å². The fraction of sp³-hybridized carbons (Fsp3) is 0.222. The standard InChI is InChI=1S/C18H17FN2O6/c1-11-9-14(21(24)25)5-8-16(11)20-17(22)10-26-18(23)12(2)27-15-6-3-13(19)4-7-15/h3-9,12H,10H2,1-2H3,(H,20,22)/t12-/m0/s1. The second kappa shape index (κ2) is 8.75. The van der Waals surface area contributed by atoms with Crippen LogP contribution in [0.2, 0.25) is 0 Å². The normalized spacial score (nSPS) is 11.4. The summed E-state index contributed by atoms with van der Waals surface area (Å²) in [5.74, 6) is -1.52. The molecule has 2 rings (SSSR count). The molecule has 1 atom stereocenters. The quantitative estimate of drug-likeness (QED) is 0.452. The van der Waals surface area contributed by atoms with E-state index >= 15 is 0 Å². The Balaban J connectivity index is 1.84. The Morgan fingerprint density at radius 2 is 1.89 bits per heavy atom. The Labute approximate surface area is 154 Å². The summed E-state index contributed by atoms with van der Waals surface area (Å²) >= 11 is 0. The number of carbonyl (C=O) groups excluding carboxylic acids is 2. The molecule has 0 saturated heterocycles. The summed E-state index contributed by atoms with van der Waals surface area (Å²) in [6, 6.07) is 9.08.